The summed E-state index contributed by atoms with van der Waals surface area (Å²) in [5.74, 6) is 0.0540. The second-order valence-electron chi connectivity index (χ2n) is 5.91. The van der Waals surface area contributed by atoms with Gasteiger partial charge < -0.3 is 15.5 Å². The monoisotopic (exact) mass is 328 g/mol. The van der Waals surface area contributed by atoms with Crippen LogP contribution in [0.25, 0.3) is 0 Å². The van der Waals surface area contributed by atoms with Gasteiger partial charge in [0.15, 0.2) is 0 Å². The van der Waals surface area contributed by atoms with Crippen molar-refractivity contribution in [2.24, 2.45) is 0 Å². The van der Waals surface area contributed by atoms with Crippen LogP contribution in [0.5, 0.6) is 0 Å². The Morgan fingerprint density at radius 3 is 3.00 bits per heavy atom. The Labute approximate surface area is 140 Å². The van der Waals surface area contributed by atoms with E-state index in [9.17, 15) is 9.18 Å². The number of hydrogen-bond donors (Lipinski definition) is 2. The van der Waals surface area contributed by atoms with Gasteiger partial charge in [0, 0.05) is 31.0 Å². The Bertz CT molecular complexity index is 722. The molecule has 5 nitrogen and oxygen atoms in total. The lowest BCUT2D eigenvalue weighted by molar-refractivity contribution is 0.0699. The van der Waals surface area contributed by atoms with Gasteiger partial charge in [-0.2, -0.15) is 0 Å². The van der Waals surface area contributed by atoms with Crippen molar-refractivity contribution < 1.29 is 9.18 Å². The van der Waals surface area contributed by atoms with E-state index in [1.54, 1.807) is 30.5 Å². The van der Waals surface area contributed by atoms with E-state index in [0.29, 0.717) is 29.7 Å². The van der Waals surface area contributed by atoms with Crippen LogP contribution in [-0.2, 0) is 0 Å². The molecule has 1 aromatic carbocycles. The van der Waals surface area contributed by atoms with Gasteiger partial charge in [-0.25, -0.2) is 9.37 Å². The number of nitrogens with one attached hydrogen (secondary N) is 2. The Kier molecular flexibility index (Phi) is 5.05. The summed E-state index contributed by atoms with van der Waals surface area (Å²) in [5, 5.41) is 6.28. The van der Waals surface area contributed by atoms with Crippen LogP contribution in [0.15, 0.2) is 42.6 Å². The number of rotatable bonds is 4. The van der Waals surface area contributed by atoms with Crippen molar-refractivity contribution in [2.75, 3.05) is 25.5 Å². The third-order valence-electron chi connectivity index (χ3n) is 4.24. The third kappa shape index (κ3) is 3.71. The Hall–Kier alpha value is -2.47. The number of amides is 1. The van der Waals surface area contributed by atoms with Gasteiger partial charge in [-0.15, -0.1) is 0 Å². The molecule has 126 valence electrons. The highest BCUT2D eigenvalue weighted by atomic mass is 19.1. The zero-order valence-corrected chi connectivity index (χ0v) is 13.6. The molecule has 0 spiro atoms. The highest BCUT2D eigenvalue weighted by Crippen LogP contribution is 2.22. The first-order valence-corrected chi connectivity index (χ1v) is 8.11. The van der Waals surface area contributed by atoms with Crippen molar-refractivity contribution in [1.29, 1.82) is 0 Å². The van der Waals surface area contributed by atoms with Crippen LogP contribution in [0, 0.1) is 5.82 Å². The first-order valence-electron chi connectivity index (χ1n) is 8.11. The molecule has 0 aliphatic carbocycles. The van der Waals surface area contributed by atoms with E-state index in [1.807, 2.05) is 11.9 Å². The predicted octanol–water partition coefficient (Wildman–Crippen LogP) is 2.79. The number of carbonyl (C=O) groups is 1. The Balaban J connectivity index is 1.82. The SMILES string of the molecule is CN[C@H]1CCCN(C(=O)c2cccnc2Nc2cccc(F)c2)C1. The number of halogens is 1. The van der Waals surface area contributed by atoms with Crippen molar-refractivity contribution in [1.82, 2.24) is 15.2 Å². The Morgan fingerprint density at radius 2 is 2.21 bits per heavy atom. The molecule has 1 saturated heterocycles. The smallest absolute Gasteiger partial charge is 0.257 e. The van der Waals surface area contributed by atoms with Gasteiger partial charge in [0.2, 0.25) is 0 Å². The number of benzene rings is 1. The van der Waals surface area contributed by atoms with Crippen LogP contribution in [0.2, 0.25) is 0 Å². The van der Waals surface area contributed by atoms with Gasteiger partial charge in [0.25, 0.3) is 5.91 Å². The van der Waals surface area contributed by atoms with Crippen LogP contribution in [0.3, 0.4) is 0 Å². The molecule has 2 heterocycles. The van der Waals surface area contributed by atoms with E-state index >= 15 is 0 Å². The summed E-state index contributed by atoms with van der Waals surface area (Å²) in [5.41, 5.74) is 1.06. The fraction of sp³-hybridized carbons (Fsp3) is 0.333. The van der Waals surface area contributed by atoms with Crippen molar-refractivity contribution in [3.05, 3.63) is 54.0 Å². The van der Waals surface area contributed by atoms with Crippen LogP contribution in [0.1, 0.15) is 23.2 Å². The molecule has 2 N–H and O–H groups in total. The molecular formula is C18H21FN4O. The van der Waals surface area contributed by atoms with Gasteiger partial charge in [-0.3, -0.25) is 4.79 Å². The summed E-state index contributed by atoms with van der Waals surface area (Å²) in [6, 6.07) is 9.92. The summed E-state index contributed by atoms with van der Waals surface area (Å²) >= 11 is 0. The summed E-state index contributed by atoms with van der Waals surface area (Å²) in [4.78, 5) is 19.0. The molecule has 0 saturated carbocycles. The third-order valence-corrected chi connectivity index (χ3v) is 4.24. The highest BCUT2D eigenvalue weighted by molar-refractivity contribution is 5.99. The molecule has 3 rings (SSSR count). The minimum absolute atomic E-state index is 0.0537. The number of anilines is 2. The fourth-order valence-corrected chi connectivity index (χ4v) is 2.95. The number of hydrogen-bond acceptors (Lipinski definition) is 4. The van der Waals surface area contributed by atoms with Gasteiger partial charge in [0.05, 0.1) is 5.56 Å². The maximum atomic E-state index is 13.4. The normalized spacial score (nSPS) is 17.6. The lowest BCUT2D eigenvalue weighted by atomic mass is 10.0. The number of aromatic nitrogens is 1. The molecule has 2 aromatic rings. The lowest BCUT2D eigenvalue weighted by Crippen LogP contribution is -2.47. The molecule has 1 fully saturated rings. The van der Waals surface area contributed by atoms with Crippen LogP contribution in [-0.4, -0.2) is 42.0 Å². The summed E-state index contributed by atoms with van der Waals surface area (Å²) in [7, 11) is 1.92. The molecule has 24 heavy (non-hydrogen) atoms. The molecule has 1 amide bonds. The summed E-state index contributed by atoms with van der Waals surface area (Å²) in [6.45, 7) is 1.43. The zero-order chi connectivity index (χ0) is 16.9. The van der Waals surface area contributed by atoms with Gasteiger partial charge in [-0.1, -0.05) is 6.07 Å². The average molecular weight is 328 g/mol. The zero-order valence-electron chi connectivity index (χ0n) is 13.6. The lowest BCUT2D eigenvalue weighted by Gasteiger charge is -2.32. The second kappa shape index (κ2) is 7.40. The molecule has 0 bridgehead atoms. The van der Waals surface area contributed by atoms with E-state index < -0.39 is 0 Å². The molecule has 1 aliphatic heterocycles. The number of pyridine rings is 1. The largest absolute Gasteiger partial charge is 0.339 e. The standard InChI is InChI=1S/C18H21FN4O/c1-20-15-7-4-10-23(12-15)18(24)16-8-3-9-21-17(16)22-14-6-2-5-13(19)11-14/h2-3,5-6,8-9,11,15,20H,4,7,10,12H2,1H3,(H,21,22)/t15-/m0/s1. The molecule has 1 atom stereocenters. The molecule has 0 radical (unpaired) electrons. The second-order valence-corrected chi connectivity index (χ2v) is 5.91. The number of nitrogens with zero attached hydrogens (tertiary/aromatic N) is 2. The molecule has 1 aromatic heterocycles. The van der Waals surface area contributed by atoms with E-state index in [2.05, 4.69) is 15.6 Å². The van der Waals surface area contributed by atoms with Gasteiger partial charge in [-0.05, 0) is 50.2 Å². The van der Waals surface area contributed by atoms with Crippen LogP contribution < -0.4 is 10.6 Å². The first kappa shape index (κ1) is 16.4. The molecular weight excluding hydrogens is 307 g/mol. The van der Waals surface area contributed by atoms with E-state index in [4.69, 9.17) is 0 Å². The van der Waals surface area contributed by atoms with Gasteiger partial charge >= 0.3 is 0 Å². The predicted molar refractivity (Wildman–Crippen MR) is 91.9 cm³/mol. The minimum atomic E-state index is -0.336. The fourth-order valence-electron chi connectivity index (χ4n) is 2.95. The quantitative estimate of drug-likeness (QED) is 0.906. The van der Waals surface area contributed by atoms with Crippen molar-refractivity contribution in [3.8, 4) is 0 Å². The maximum absolute atomic E-state index is 13.4. The number of piperidine rings is 1. The summed E-state index contributed by atoms with van der Waals surface area (Å²) < 4.78 is 13.4. The van der Waals surface area contributed by atoms with E-state index in [-0.39, 0.29) is 11.7 Å². The molecule has 1 aliphatic rings. The minimum Gasteiger partial charge on any atom is -0.339 e. The van der Waals surface area contributed by atoms with Crippen molar-refractivity contribution in [2.45, 2.75) is 18.9 Å². The van der Waals surface area contributed by atoms with Crippen molar-refractivity contribution in [3.63, 3.8) is 0 Å². The van der Waals surface area contributed by atoms with Crippen LogP contribution >= 0.6 is 0 Å². The van der Waals surface area contributed by atoms with E-state index in [1.165, 1.54) is 12.1 Å². The summed E-state index contributed by atoms with van der Waals surface area (Å²) in [6.07, 6.45) is 3.66. The average Bonchev–Trinajstić information content (AvgIpc) is 2.62. The van der Waals surface area contributed by atoms with Gasteiger partial charge in [0.1, 0.15) is 11.6 Å². The molecule has 6 heteroatoms. The van der Waals surface area contributed by atoms with Crippen molar-refractivity contribution >= 4 is 17.4 Å². The number of carbonyl (C=O) groups excluding carboxylic acids is 1. The van der Waals surface area contributed by atoms with Crippen LogP contribution in [0.4, 0.5) is 15.9 Å². The number of likely N-dealkylation sites (tertiary alicyclic amines) is 1. The topological polar surface area (TPSA) is 57.3 Å². The highest BCUT2D eigenvalue weighted by Gasteiger charge is 2.25. The maximum Gasteiger partial charge on any atom is 0.257 e. The first-order chi connectivity index (χ1) is 11.7. The van der Waals surface area contributed by atoms with E-state index in [0.717, 1.165) is 19.4 Å². The molecule has 0 unspecified atom stereocenters. The Morgan fingerprint density at radius 1 is 1.33 bits per heavy atom. The number of likely N-dealkylation sites (N-methyl/N-ethyl adjacent to an activating group) is 1.